The van der Waals surface area contributed by atoms with Gasteiger partial charge in [-0.3, -0.25) is 0 Å². The van der Waals surface area contributed by atoms with E-state index in [-0.39, 0.29) is 16.9 Å². The van der Waals surface area contributed by atoms with E-state index in [2.05, 4.69) is 4.72 Å². The smallest absolute Gasteiger partial charge is 0.330 e. The SMILES string of the molecule is NCC1CCCCC1NS(=O)(=O)c1ccc(C(F)(F)F)cc1. The second-order valence-corrected chi connectivity index (χ2v) is 7.24. The minimum absolute atomic E-state index is 0.0676. The summed E-state index contributed by atoms with van der Waals surface area (Å²) >= 11 is 0. The molecule has 0 bridgehead atoms. The minimum Gasteiger partial charge on any atom is -0.330 e. The Kier molecular flexibility index (Phi) is 5.14. The molecule has 22 heavy (non-hydrogen) atoms. The van der Waals surface area contributed by atoms with Crippen LogP contribution in [0.3, 0.4) is 0 Å². The summed E-state index contributed by atoms with van der Waals surface area (Å²) in [7, 11) is -3.84. The van der Waals surface area contributed by atoms with E-state index < -0.39 is 21.8 Å². The first-order valence-electron chi connectivity index (χ1n) is 7.13. The van der Waals surface area contributed by atoms with Gasteiger partial charge < -0.3 is 5.73 Å². The predicted octanol–water partition coefficient (Wildman–Crippen LogP) is 2.50. The minimum atomic E-state index is -4.48. The monoisotopic (exact) mass is 336 g/mol. The third-order valence-corrected chi connectivity index (χ3v) is 5.52. The summed E-state index contributed by atoms with van der Waals surface area (Å²) in [5, 5.41) is 0. The topological polar surface area (TPSA) is 72.2 Å². The molecule has 1 aromatic rings. The molecule has 1 aromatic carbocycles. The van der Waals surface area contributed by atoms with Crippen LogP contribution >= 0.6 is 0 Å². The number of alkyl halides is 3. The number of hydrogen-bond acceptors (Lipinski definition) is 3. The number of benzene rings is 1. The van der Waals surface area contributed by atoms with Gasteiger partial charge in [-0.2, -0.15) is 13.2 Å². The molecule has 0 radical (unpaired) electrons. The van der Waals surface area contributed by atoms with Crippen LogP contribution in [-0.2, 0) is 16.2 Å². The van der Waals surface area contributed by atoms with Gasteiger partial charge in [0.2, 0.25) is 10.0 Å². The fourth-order valence-electron chi connectivity index (χ4n) is 2.74. The lowest BCUT2D eigenvalue weighted by Gasteiger charge is -2.31. The Balaban J connectivity index is 2.16. The number of nitrogens with two attached hydrogens (primary N) is 1. The molecule has 1 fully saturated rings. The highest BCUT2D eigenvalue weighted by Gasteiger charge is 2.32. The van der Waals surface area contributed by atoms with Crippen molar-refractivity contribution in [3.05, 3.63) is 29.8 Å². The largest absolute Gasteiger partial charge is 0.416 e. The van der Waals surface area contributed by atoms with E-state index in [9.17, 15) is 21.6 Å². The summed E-state index contributed by atoms with van der Waals surface area (Å²) < 4.78 is 64.7. The maximum atomic E-state index is 12.5. The maximum Gasteiger partial charge on any atom is 0.416 e. The Labute approximate surface area is 127 Å². The van der Waals surface area contributed by atoms with Crippen LogP contribution in [0.2, 0.25) is 0 Å². The van der Waals surface area contributed by atoms with Crippen molar-refractivity contribution in [3.8, 4) is 0 Å². The lowest BCUT2D eigenvalue weighted by molar-refractivity contribution is -0.137. The molecule has 0 amide bonds. The molecule has 4 nitrogen and oxygen atoms in total. The van der Waals surface area contributed by atoms with E-state index in [1.807, 2.05) is 0 Å². The summed E-state index contributed by atoms with van der Waals surface area (Å²) in [6.45, 7) is 0.389. The van der Waals surface area contributed by atoms with Crippen LogP contribution in [0.1, 0.15) is 31.2 Å². The molecule has 0 spiro atoms. The molecule has 0 aromatic heterocycles. The third-order valence-electron chi connectivity index (χ3n) is 4.01. The molecular weight excluding hydrogens is 317 g/mol. The molecular formula is C14H19F3N2O2S. The molecule has 0 saturated heterocycles. The number of halogens is 3. The van der Waals surface area contributed by atoms with Crippen LogP contribution in [0.25, 0.3) is 0 Å². The Morgan fingerprint density at radius 1 is 1.14 bits per heavy atom. The van der Waals surface area contributed by atoms with Crippen molar-refractivity contribution in [3.63, 3.8) is 0 Å². The van der Waals surface area contributed by atoms with Crippen LogP contribution in [0.15, 0.2) is 29.2 Å². The molecule has 3 N–H and O–H groups in total. The normalized spacial score (nSPS) is 23.5. The molecule has 2 unspecified atom stereocenters. The molecule has 0 aliphatic heterocycles. The Morgan fingerprint density at radius 3 is 2.27 bits per heavy atom. The lowest BCUT2D eigenvalue weighted by atomic mass is 9.85. The number of hydrogen-bond donors (Lipinski definition) is 2. The van der Waals surface area contributed by atoms with Gasteiger partial charge in [0.05, 0.1) is 10.5 Å². The van der Waals surface area contributed by atoms with E-state index in [1.54, 1.807) is 0 Å². The zero-order valence-electron chi connectivity index (χ0n) is 11.9. The van der Waals surface area contributed by atoms with Crippen molar-refractivity contribution in [2.24, 2.45) is 11.7 Å². The number of nitrogens with one attached hydrogen (secondary N) is 1. The summed E-state index contributed by atoms with van der Waals surface area (Å²) in [4.78, 5) is -0.165. The second-order valence-electron chi connectivity index (χ2n) is 5.53. The molecule has 1 aliphatic rings. The Bertz CT molecular complexity index is 600. The molecule has 124 valence electrons. The van der Waals surface area contributed by atoms with Crippen molar-refractivity contribution in [1.82, 2.24) is 4.72 Å². The lowest BCUT2D eigenvalue weighted by Crippen LogP contribution is -2.44. The van der Waals surface area contributed by atoms with Crippen LogP contribution in [0.5, 0.6) is 0 Å². The van der Waals surface area contributed by atoms with Gasteiger partial charge in [0.1, 0.15) is 0 Å². The van der Waals surface area contributed by atoms with Crippen molar-refractivity contribution in [1.29, 1.82) is 0 Å². The highest BCUT2D eigenvalue weighted by atomic mass is 32.2. The van der Waals surface area contributed by atoms with Crippen molar-refractivity contribution < 1.29 is 21.6 Å². The standard InChI is InChI=1S/C14H19F3N2O2S/c15-14(16,17)11-5-7-12(8-6-11)22(20,21)19-13-4-2-1-3-10(13)9-18/h5-8,10,13,19H,1-4,9,18H2. The third kappa shape index (κ3) is 3.99. The first kappa shape index (κ1) is 17.2. The van der Waals surface area contributed by atoms with E-state index >= 15 is 0 Å². The van der Waals surface area contributed by atoms with Gasteiger partial charge in [0.15, 0.2) is 0 Å². The van der Waals surface area contributed by atoms with Gasteiger partial charge >= 0.3 is 6.18 Å². The average Bonchev–Trinajstić information content (AvgIpc) is 2.47. The summed E-state index contributed by atoms with van der Waals surface area (Å²) in [5.74, 6) is 0.0676. The van der Waals surface area contributed by atoms with E-state index in [1.165, 1.54) is 0 Å². The van der Waals surface area contributed by atoms with E-state index in [4.69, 9.17) is 5.73 Å². The average molecular weight is 336 g/mol. The second kappa shape index (κ2) is 6.55. The molecule has 8 heteroatoms. The van der Waals surface area contributed by atoms with Crippen LogP contribution < -0.4 is 10.5 Å². The summed E-state index contributed by atoms with van der Waals surface area (Å²) in [6, 6.07) is 3.24. The quantitative estimate of drug-likeness (QED) is 0.887. The number of rotatable bonds is 4. The van der Waals surface area contributed by atoms with Crippen molar-refractivity contribution in [2.75, 3.05) is 6.54 Å². The van der Waals surface area contributed by atoms with Gasteiger partial charge in [-0.05, 0) is 49.6 Å². The van der Waals surface area contributed by atoms with Crippen LogP contribution in [0.4, 0.5) is 13.2 Å². The highest BCUT2D eigenvalue weighted by molar-refractivity contribution is 7.89. The van der Waals surface area contributed by atoms with Crippen molar-refractivity contribution >= 4 is 10.0 Å². The molecule has 1 aliphatic carbocycles. The van der Waals surface area contributed by atoms with Crippen LogP contribution in [0, 0.1) is 5.92 Å². The number of sulfonamides is 1. The summed E-state index contributed by atoms with van der Waals surface area (Å²) in [6.07, 6.45) is -1.00. The Hall–Kier alpha value is -1.12. The van der Waals surface area contributed by atoms with E-state index in [0.717, 1.165) is 43.5 Å². The zero-order valence-corrected chi connectivity index (χ0v) is 12.8. The van der Waals surface area contributed by atoms with Gasteiger partial charge in [0.25, 0.3) is 0 Å². The van der Waals surface area contributed by atoms with Gasteiger partial charge in [0, 0.05) is 6.04 Å². The predicted molar refractivity (Wildman–Crippen MR) is 76.6 cm³/mol. The summed E-state index contributed by atoms with van der Waals surface area (Å²) in [5.41, 5.74) is 4.79. The fraction of sp³-hybridized carbons (Fsp3) is 0.571. The fourth-order valence-corrected chi connectivity index (χ4v) is 4.07. The van der Waals surface area contributed by atoms with Gasteiger partial charge in [-0.15, -0.1) is 0 Å². The zero-order chi connectivity index (χ0) is 16.4. The van der Waals surface area contributed by atoms with Crippen LogP contribution in [-0.4, -0.2) is 21.0 Å². The first-order chi connectivity index (χ1) is 10.2. The molecule has 2 rings (SSSR count). The molecule has 2 atom stereocenters. The highest BCUT2D eigenvalue weighted by Crippen LogP contribution is 2.30. The molecule has 0 heterocycles. The van der Waals surface area contributed by atoms with E-state index in [0.29, 0.717) is 13.0 Å². The first-order valence-corrected chi connectivity index (χ1v) is 8.62. The van der Waals surface area contributed by atoms with Gasteiger partial charge in [-0.25, -0.2) is 13.1 Å². The van der Waals surface area contributed by atoms with Gasteiger partial charge in [-0.1, -0.05) is 12.8 Å². The maximum absolute atomic E-state index is 12.5. The van der Waals surface area contributed by atoms with Crippen molar-refractivity contribution in [2.45, 2.75) is 42.8 Å². The Morgan fingerprint density at radius 2 is 1.73 bits per heavy atom. The molecule has 1 saturated carbocycles.